The van der Waals surface area contributed by atoms with Gasteiger partial charge in [-0.2, -0.15) is 0 Å². The maximum absolute atomic E-state index is 12.8. The molecular formula is C12H14FNO2. The topological polar surface area (TPSA) is 49.3 Å². The number of phenolic OH excluding ortho intramolecular Hbond substituents is 1. The fraction of sp³-hybridized carbons (Fsp3) is 0.250. The largest absolute Gasteiger partial charge is 0.507 e. The van der Waals surface area contributed by atoms with Crippen LogP contribution in [0.25, 0.3) is 6.08 Å². The van der Waals surface area contributed by atoms with Crippen LogP contribution in [0.4, 0.5) is 4.39 Å². The van der Waals surface area contributed by atoms with Gasteiger partial charge in [-0.25, -0.2) is 4.39 Å². The summed E-state index contributed by atoms with van der Waals surface area (Å²) < 4.78 is 12.8. The number of nitrogens with one attached hydrogen (secondary N) is 1. The number of hydrogen-bond donors (Lipinski definition) is 2. The average molecular weight is 223 g/mol. The molecule has 0 unspecified atom stereocenters. The lowest BCUT2D eigenvalue weighted by Gasteiger charge is -1.99. The zero-order valence-corrected chi connectivity index (χ0v) is 9.03. The summed E-state index contributed by atoms with van der Waals surface area (Å²) in [5.74, 6) is -0.432. The number of rotatable bonds is 4. The molecule has 0 heterocycles. The summed E-state index contributed by atoms with van der Waals surface area (Å²) >= 11 is 0. The molecular weight excluding hydrogens is 209 g/mol. The molecule has 0 radical (unpaired) electrons. The molecule has 0 fully saturated rings. The quantitative estimate of drug-likeness (QED) is 0.768. The Balaban J connectivity index is 2.49. The summed E-state index contributed by atoms with van der Waals surface area (Å²) in [6.07, 6.45) is 4.03. The minimum Gasteiger partial charge on any atom is -0.507 e. The van der Waals surface area contributed by atoms with Crippen LogP contribution >= 0.6 is 0 Å². The van der Waals surface area contributed by atoms with E-state index in [-0.39, 0.29) is 17.5 Å². The second-order valence-electron chi connectivity index (χ2n) is 3.38. The molecule has 1 rings (SSSR count). The van der Waals surface area contributed by atoms with Crippen molar-refractivity contribution in [2.24, 2.45) is 0 Å². The Labute approximate surface area is 93.6 Å². The smallest absolute Gasteiger partial charge is 0.216 e. The van der Waals surface area contributed by atoms with Crippen LogP contribution in [0.3, 0.4) is 0 Å². The molecule has 4 heteroatoms. The van der Waals surface area contributed by atoms with Gasteiger partial charge >= 0.3 is 0 Å². The molecule has 0 bridgehead atoms. The summed E-state index contributed by atoms with van der Waals surface area (Å²) in [7, 11) is 0. The molecule has 0 aromatic heterocycles. The first-order valence-corrected chi connectivity index (χ1v) is 4.99. The zero-order chi connectivity index (χ0) is 12.0. The van der Waals surface area contributed by atoms with E-state index >= 15 is 0 Å². The van der Waals surface area contributed by atoms with Gasteiger partial charge in [-0.05, 0) is 24.6 Å². The predicted molar refractivity (Wildman–Crippen MR) is 60.4 cm³/mol. The molecule has 3 nitrogen and oxygen atoms in total. The Kier molecular flexibility index (Phi) is 4.51. The van der Waals surface area contributed by atoms with Crippen molar-refractivity contribution in [2.45, 2.75) is 13.3 Å². The van der Waals surface area contributed by atoms with E-state index in [1.807, 2.05) is 0 Å². The zero-order valence-electron chi connectivity index (χ0n) is 9.03. The van der Waals surface area contributed by atoms with E-state index in [9.17, 15) is 14.3 Å². The molecule has 1 aromatic rings. The SMILES string of the molecule is CC(=O)NCCC=Cc1cc(F)ccc1O. The second-order valence-corrected chi connectivity index (χ2v) is 3.38. The lowest BCUT2D eigenvalue weighted by atomic mass is 10.1. The van der Waals surface area contributed by atoms with Gasteiger partial charge in [0.05, 0.1) is 0 Å². The first-order chi connectivity index (χ1) is 7.59. The average Bonchev–Trinajstić information content (AvgIpc) is 2.22. The molecule has 0 aliphatic carbocycles. The lowest BCUT2D eigenvalue weighted by molar-refractivity contribution is -0.118. The van der Waals surface area contributed by atoms with E-state index in [0.29, 0.717) is 18.5 Å². The molecule has 0 aliphatic rings. The molecule has 1 amide bonds. The minimum absolute atomic E-state index is 0.0391. The van der Waals surface area contributed by atoms with E-state index in [2.05, 4.69) is 5.32 Å². The van der Waals surface area contributed by atoms with Crippen LogP contribution in [0.2, 0.25) is 0 Å². The number of aromatic hydroxyl groups is 1. The monoisotopic (exact) mass is 223 g/mol. The summed E-state index contributed by atoms with van der Waals surface area (Å²) in [6, 6.07) is 3.76. The van der Waals surface area contributed by atoms with Crippen LogP contribution in [0, 0.1) is 5.82 Å². The van der Waals surface area contributed by atoms with Crippen molar-refractivity contribution in [3.63, 3.8) is 0 Å². The van der Waals surface area contributed by atoms with Crippen LogP contribution < -0.4 is 5.32 Å². The van der Waals surface area contributed by atoms with Gasteiger partial charge in [0, 0.05) is 19.0 Å². The van der Waals surface area contributed by atoms with Crippen molar-refractivity contribution >= 4 is 12.0 Å². The summed E-state index contributed by atoms with van der Waals surface area (Å²) in [6.45, 7) is 1.98. The maximum Gasteiger partial charge on any atom is 0.216 e. The predicted octanol–water partition coefficient (Wildman–Crippen LogP) is 2.07. The van der Waals surface area contributed by atoms with Crippen molar-refractivity contribution in [3.8, 4) is 5.75 Å². The van der Waals surface area contributed by atoms with E-state index in [4.69, 9.17) is 0 Å². The van der Waals surface area contributed by atoms with E-state index in [1.54, 1.807) is 12.2 Å². The highest BCUT2D eigenvalue weighted by Gasteiger charge is 1.98. The van der Waals surface area contributed by atoms with Crippen molar-refractivity contribution in [2.75, 3.05) is 6.54 Å². The number of carbonyl (C=O) groups excluding carboxylic acids is 1. The van der Waals surface area contributed by atoms with E-state index in [0.717, 1.165) is 0 Å². The molecule has 0 aliphatic heterocycles. The van der Waals surface area contributed by atoms with Crippen molar-refractivity contribution in [1.29, 1.82) is 0 Å². The second kappa shape index (κ2) is 5.90. The van der Waals surface area contributed by atoms with E-state index < -0.39 is 0 Å². The first-order valence-electron chi connectivity index (χ1n) is 4.99. The fourth-order valence-electron chi connectivity index (χ4n) is 1.20. The highest BCUT2D eigenvalue weighted by molar-refractivity contribution is 5.72. The van der Waals surface area contributed by atoms with Gasteiger partial charge in [-0.15, -0.1) is 0 Å². The van der Waals surface area contributed by atoms with Gasteiger partial charge in [0.2, 0.25) is 5.91 Å². The number of hydrogen-bond acceptors (Lipinski definition) is 2. The lowest BCUT2D eigenvalue weighted by Crippen LogP contribution is -2.20. The number of phenols is 1. The van der Waals surface area contributed by atoms with Crippen LogP contribution in [-0.4, -0.2) is 17.6 Å². The normalized spacial score (nSPS) is 10.6. The van der Waals surface area contributed by atoms with Gasteiger partial charge < -0.3 is 10.4 Å². The Morgan fingerprint density at radius 2 is 2.31 bits per heavy atom. The van der Waals surface area contributed by atoms with Crippen molar-refractivity contribution in [1.82, 2.24) is 5.32 Å². The van der Waals surface area contributed by atoms with Crippen LogP contribution in [0.5, 0.6) is 5.75 Å². The van der Waals surface area contributed by atoms with Gasteiger partial charge in [-0.1, -0.05) is 12.2 Å². The van der Waals surface area contributed by atoms with Crippen LogP contribution in [0.1, 0.15) is 18.9 Å². The molecule has 0 saturated carbocycles. The van der Waals surface area contributed by atoms with Crippen LogP contribution in [0.15, 0.2) is 24.3 Å². The van der Waals surface area contributed by atoms with Gasteiger partial charge in [0.25, 0.3) is 0 Å². The van der Waals surface area contributed by atoms with Gasteiger partial charge in [-0.3, -0.25) is 4.79 Å². The molecule has 0 atom stereocenters. The molecule has 0 spiro atoms. The van der Waals surface area contributed by atoms with E-state index in [1.165, 1.54) is 25.1 Å². The third-order valence-electron chi connectivity index (χ3n) is 1.97. The number of amides is 1. The van der Waals surface area contributed by atoms with Crippen molar-refractivity contribution in [3.05, 3.63) is 35.7 Å². The van der Waals surface area contributed by atoms with Gasteiger partial charge in [0.1, 0.15) is 11.6 Å². The summed E-state index contributed by atoms with van der Waals surface area (Å²) in [5.41, 5.74) is 0.433. The number of halogens is 1. The third kappa shape index (κ3) is 4.13. The fourth-order valence-corrected chi connectivity index (χ4v) is 1.20. The molecule has 0 saturated heterocycles. The highest BCUT2D eigenvalue weighted by atomic mass is 19.1. The summed E-state index contributed by atoms with van der Waals surface area (Å²) in [4.78, 5) is 10.6. The molecule has 86 valence electrons. The third-order valence-corrected chi connectivity index (χ3v) is 1.97. The highest BCUT2D eigenvalue weighted by Crippen LogP contribution is 2.19. The molecule has 2 N–H and O–H groups in total. The standard InChI is InChI=1S/C12H14FNO2/c1-9(15)14-7-3-2-4-10-8-11(13)5-6-12(10)16/h2,4-6,8,16H,3,7H2,1H3,(H,14,15). The van der Waals surface area contributed by atoms with Crippen LogP contribution in [-0.2, 0) is 4.79 Å². The Morgan fingerprint density at radius 3 is 3.00 bits per heavy atom. The first kappa shape index (κ1) is 12.2. The van der Waals surface area contributed by atoms with Gasteiger partial charge in [0.15, 0.2) is 0 Å². The Bertz CT molecular complexity index is 402. The number of carbonyl (C=O) groups is 1. The minimum atomic E-state index is -0.390. The number of benzene rings is 1. The van der Waals surface area contributed by atoms with Crippen molar-refractivity contribution < 1.29 is 14.3 Å². The molecule has 16 heavy (non-hydrogen) atoms. The Morgan fingerprint density at radius 1 is 1.56 bits per heavy atom. The Hall–Kier alpha value is -1.84. The summed E-state index contributed by atoms with van der Waals surface area (Å²) in [5, 5.41) is 12.0. The molecule has 1 aromatic carbocycles. The maximum atomic E-state index is 12.8.